The van der Waals surface area contributed by atoms with E-state index >= 15 is 0 Å². The maximum absolute atomic E-state index is 11.7. The summed E-state index contributed by atoms with van der Waals surface area (Å²) in [5.74, 6) is -0.668. The Balaban J connectivity index is 2.30. The van der Waals surface area contributed by atoms with Gasteiger partial charge >= 0.3 is 5.97 Å². The van der Waals surface area contributed by atoms with Crippen LogP contribution in [0.4, 0.5) is 5.69 Å². The van der Waals surface area contributed by atoms with Crippen molar-refractivity contribution in [2.45, 2.75) is 38.1 Å². The Labute approximate surface area is 126 Å². The van der Waals surface area contributed by atoms with Gasteiger partial charge in [-0.3, -0.25) is 0 Å². The average Bonchev–Trinajstić information content (AvgIpc) is 2.36. The first-order chi connectivity index (χ1) is 8.95. The van der Waals surface area contributed by atoms with E-state index in [-0.39, 0.29) is 5.92 Å². The molecule has 5 heteroatoms. The molecule has 19 heavy (non-hydrogen) atoms. The molecule has 0 saturated heterocycles. The Morgan fingerprint density at radius 3 is 2.84 bits per heavy atom. The number of halogens is 2. The molecular formula is C14H17BrClNO2. The van der Waals surface area contributed by atoms with Crippen LogP contribution in [-0.2, 0) is 4.79 Å². The number of carboxylic acid groups (broad SMARTS) is 1. The van der Waals surface area contributed by atoms with Gasteiger partial charge in [-0.25, -0.2) is 4.79 Å². The highest BCUT2D eigenvalue weighted by Gasteiger charge is 2.45. The normalized spacial score (nSPS) is 27.0. The van der Waals surface area contributed by atoms with Gasteiger partial charge in [0.25, 0.3) is 0 Å². The van der Waals surface area contributed by atoms with Crippen molar-refractivity contribution < 1.29 is 9.90 Å². The van der Waals surface area contributed by atoms with Crippen LogP contribution in [0.25, 0.3) is 0 Å². The molecule has 2 atom stereocenters. The van der Waals surface area contributed by atoms with Crippen LogP contribution >= 0.6 is 27.5 Å². The fourth-order valence-corrected chi connectivity index (χ4v) is 3.23. The second-order valence-corrected chi connectivity index (χ2v) is 6.44. The minimum atomic E-state index is -0.870. The van der Waals surface area contributed by atoms with Gasteiger partial charge in [-0.2, -0.15) is 0 Å². The largest absolute Gasteiger partial charge is 0.479 e. The Bertz CT molecular complexity index is 494. The van der Waals surface area contributed by atoms with E-state index < -0.39 is 11.5 Å². The molecule has 104 valence electrons. The number of anilines is 1. The molecule has 1 aromatic rings. The Hall–Kier alpha value is -0.740. The first-order valence-corrected chi connectivity index (χ1v) is 7.59. The predicted molar refractivity (Wildman–Crippen MR) is 80.8 cm³/mol. The molecule has 3 nitrogen and oxygen atoms in total. The van der Waals surface area contributed by atoms with E-state index in [0.29, 0.717) is 11.4 Å². The summed E-state index contributed by atoms with van der Waals surface area (Å²) in [7, 11) is 0. The maximum Gasteiger partial charge on any atom is 0.329 e. The summed E-state index contributed by atoms with van der Waals surface area (Å²) in [5.41, 5.74) is -0.0849. The predicted octanol–water partition coefficient (Wildman–Crippen LogP) is 4.55. The zero-order valence-corrected chi connectivity index (χ0v) is 13.1. The van der Waals surface area contributed by atoms with E-state index in [4.69, 9.17) is 11.6 Å². The lowest BCUT2D eigenvalue weighted by Crippen LogP contribution is -2.53. The van der Waals surface area contributed by atoms with Crippen LogP contribution in [0.3, 0.4) is 0 Å². The summed E-state index contributed by atoms with van der Waals surface area (Å²) in [6.07, 6.45) is 3.64. The number of carbonyl (C=O) groups is 1. The molecule has 2 N–H and O–H groups in total. The summed E-state index contributed by atoms with van der Waals surface area (Å²) < 4.78 is 0.767. The van der Waals surface area contributed by atoms with Crippen LogP contribution in [0.2, 0.25) is 5.02 Å². The standard InChI is InChI=1S/C14H17BrClNO2/c1-9-4-2-3-7-14(9,13(18)19)17-10-5-6-12(16)11(15)8-10/h5-6,8-9,17H,2-4,7H2,1H3,(H,18,19). The lowest BCUT2D eigenvalue weighted by atomic mass is 9.73. The van der Waals surface area contributed by atoms with Gasteiger partial charge in [0.1, 0.15) is 5.54 Å². The highest BCUT2D eigenvalue weighted by molar-refractivity contribution is 9.10. The summed E-state index contributed by atoms with van der Waals surface area (Å²) >= 11 is 9.32. The lowest BCUT2D eigenvalue weighted by Gasteiger charge is -2.40. The SMILES string of the molecule is CC1CCCCC1(Nc1ccc(Cl)c(Br)c1)C(=O)O. The van der Waals surface area contributed by atoms with Gasteiger partial charge in [-0.1, -0.05) is 31.4 Å². The fraction of sp³-hybridized carbons (Fsp3) is 0.500. The van der Waals surface area contributed by atoms with Crippen molar-refractivity contribution in [2.24, 2.45) is 5.92 Å². The number of hydrogen-bond acceptors (Lipinski definition) is 2. The summed E-state index contributed by atoms with van der Waals surface area (Å²) in [5, 5.41) is 13.5. The van der Waals surface area contributed by atoms with Gasteiger partial charge in [0.2, 0.25) is 0 Å². The van der Waals surface area contributed by atoms with Crippen molar-refractivity contribution in [3.8, 4) is 0 Å². The van der Waals surface area contributed by atoms with Gasteiger partial charge in [-0.15, -0.1) is 0 Å². The Morgan fingerprint density at radius 2 is 2.26 bits per heavy atom. The van der Waals surface area contributed by atoms with E-state index in [1.54, 1.807) is 6.07 Å². The molecule has 0 amide bonds. The third kappa shape index (κ3) is 2.90. The van der Waals surface area contributed by atoms with Crippen LogP contribution in [0.1, 0.15) is 32.6 Å². The van der Waals surface area contributed by atoms with Gasteiger partial charge in [0.05, 0.1) is 5.02 Å². The van der Waals surface area contributed by atoms with Gasteiger partial charge < -0.3 is 10.4 Å². The first kappa shape index (κ1) is 14.7. The van der Waals surface area contributed by atoms with Crippen molar-refractivity contribution >= 4 is 39.2 Å². The molecule has 0 heterocycles. The zero-order valence-electron chi connectivity index (χ0n) is 10.7. The van der Waals surface area contributed by atoms with Crippen LogP contribution in [0, 0.1) is 5.92 Å². The minimum absolute atomic E-state index is 0.105. The molecule has 1 aliphatic rings. The second kappa shape index (κ2) is 5.71. The van der Waals surface area contributed by atoms with Crippen LogP contribution in [0.5, 0.6) is 0 Å². The highest BCUT2D eigenvalue weighted by Crippen LogP contribution is 2.37. The third-order valence-corrected chi connectivity index (χ3v) is 5.18. The quantitative estimate of drug-likeness (QED) is 0.844. The molecular weight excluding hydrogens is 330 g/mol. The lowest BCUT2D eigenvalue weighted by molar-refractivity contribution is -0.145. The number of rotatable bonds is 3. The molecule has 1 fully saturated rings. The maximum atomic E-state index is 11.7. The van der Waals surface area contributed by atoms with Crippen LogP contribution < -0.4 is 5.32 Å². The number of carboxylic acids is 1. The molecule has 0 radical (unpaired) electrons. The van der Waals surface area contributed by atoms with Gasteiger partial charge in [-0.05, 0) is 52.9 Å². The third-order valence-electron chi connectivity index (χ3n) is 3.97. The van der Waals surface area contributed by atoms with Crippen LogP contribution in [-0.4, -0.2) is 16.6 Å². The Kier molecular flexibility index (Phi) is 4.41. The van der Waals surface area contributed by atoms with Gasteiger partial charge in [0, 0.05) is 10.2 Å². The molecule has 0 bridgehead atoms. The van der Waals surface area contributed by atoms with Gasteiger partial charge in [0.15, 0.2) is 0 Å². The van der Waals surface area contributed by atoms with E-state index in [9.17, 15) is 9.90 Å². The molecule has 2 rings (SSSR count). The summed E-state index contributed by atoms with van der Waals surface area (Å²) in [6, 6.07) is 5.41. The molecule has 1 aromatic carbocycles. The van der Waals surface area contributed by atoms with Crippen molar-refractivity contribution in [3.63, 3.8) is 0 Å². The number of nitrogens with one attached hydrogen (secondary N) is 1. The van der Waals surface area contributed by atoms with Crippen molar-refractivity contribution in [3.05, 3.63) is 27.7 Å². The van der Waals surface area contributed by atoms with Crippen LogP contribution in [0.15, 0.2) is 22.7 Å². The fourth-order valence-electron chi connectivity index (χ4n) is 2.74. The average molecular weight is 347 g/mol. The monoisotopic (exact) mass is 345 g/mol. The first-order valence-electron chi connectivity index (χ1n) is 6.42. The minimum Gasteiger partial charge on any atom is -0.479 e. The molecule has 1 saturated carbocycles. The molecule has 0 spiro atoms. The molecule has 0 aromatic heterocycles. The van der Waals surface area contributed by atoms with Crippen molar-refractivity contribution in [2.75, 3.05) is 5.32 Å². The highest BCUT2D eigenvalue weighted by atomic mass is 79.9. The van der Waals surface area contributed by atoms with E-state index in [2.05, 4.69) is 21.2 Å². The van der Waals surface area contributed by atoms with E-state index in [0.717, 1.165) is 29.4 Å². The Morgan fingerprint density at radius 1 is 1.53 bits per heavy atom. The summed E-state index contributed by atoms with van der Waals surface area (Å²) in [4.78, 5) is 11.7. The second-order valence-electron chi connectivity index (χ2n) is 5.18. The number of aliphatic carboxylic acids is 1. The van der Waals surface area contributed by atoms with Crippen molar-refractivity contribution in [1.29, 1.82) is 0 Å². The number of benzene rings is 1. The smallest absolute Gasteiger partial charge is 0.329 e. The molecule has 1 aliphatic carbocycles. The zero-order chi connectivity index (χ0) is 14.0. The molecule has 0 aliphatic heterocycles. The van der Waals surface area contributed by atoms with E-state index in [1.165, 1.54) is 0 Å². The summed E-state index contributed by atoms with van der Waals surface area (Å²) in [6.45, 7) is 2.01. The molecule has 2 unspecified atom stereocenters. The van der Waals surface area contributed by atoms with E-state index in [1.807, 2.05) is 19.1 Å². The topological polar surface area (TPSA) is 49.3 Å². The number of hydrogen-bond donors (Lipinski definition) is 2. The van der Waals surface area contributed by atoms with Crippen molar-refractivity contribution in [1.82, 2.24) is 0 Å².